The Kier molecular flexibility index (Phi) is 8.72. The normalized spacial score (nSPS) is 17.3. The van der Waals surface area contributed by atoms with Crippen LogP contribution in [-0.4, -0.2) is 66.8 Å². The Bertz CT molecular complexity index is 1150. The van der Waals surface area contributed by atoms with Gasteiger partial charge in [0, 0.05) is 18.0 Å². The number of ether oxygens (including phenoxy) is 3. The fourth-order valence-corrected chi connectivity index (χ4v) is 5.39. The lowest BCUT2D eigenvalue weighted by Gasteiger charge is -2.26. The number of carbonyl (C=O) groups excluding carboxylic acids is 2. The van der Waals surface area contributed by atoms with Gasteiger partial charge in [0.2, 0.25) is 0 Å². The van der Waals surface area contributed by atoms with Crippen molar-refractivity contribution in [1.29, 1.82) is 0 Å². The largest absolute Gasteiger partial charge is 0.490 e. The predicted octanol–water partition coefficient (Wildman–Crippen LogP) is 4.45. The number of hydrogen-bond acceptors (Lipinski definition) is 8. The molecule has 2 aromatic carbocycles. The van der Waals surface area contributed by atoms with Crippen molar-refractivity contribution in [3.05, 3.63) is 52.9 Å². The van der Waals surface area contributed by atoms with Gasteiger partial charge in [-0.15, -0.1) is 11.8 Å². The highest BCUT2D eigenvalue weighted by atomic mass is 32.2. The second-order valence-corrected chi connectivity index (χ2v) is 10.2. The molecule has 2 fully saturated rings. The van der Waals surface area contributed by atoms with Crippen LogP contribution in [0, 0.1) is 0 Å². The zero-order valence-electron chi connectivity index (χ0n) is 19.5. The SMILES string of the molecule is CCOc1cc(/C=C2\SC(=S)N(c3cccc(SC)c3)C2=O)ccc1OCC(=O)N1CCOCC1. The fraction of sp³-hybridized carbons (Fsp3) is 0.320. The molecule has 0 aliphatic carbocycles. The van der Waals surface area contributed by atoms with Crippen LogP contribution in [-0.2, 0) is 14.3 Å². The van der Waals surface area contributed by atoms with Gasteiger partial charge < -0.3 is 19.1 Å². The van der Waals surface area contributed by atoms with Crippen molar-refractivity contribution in [2.24, 2.45) is 0 Å². The molecule has 2 aliphatic heterocycles. The monoisotopic (exact) mass is 530 g/mol. The van der Waals surface area contributed by atoms with Crippen LogP contribution in [0.2, 0.25) is 0 Å². The van der Waals surface area contributed by atoms with Crippen LogP contribution in [0.4, 0.5) is 5.69 Å². The van der Waals surface area contributed by atoms with E-state index in [9.17, 15) is 9.59 Å². The number of amides is 2. The number of carbonyl (C=O) groups is 2. The maximum Gasteiger partial charge on any atom is 0.270 e. The van der Waals surface area contributed by atoms with Gasteiger partial charge in [0.1, 0.15) is 0 Å². The van der Waals surface area contributed by atoms with E-state index in [1.807, 2.05) is 43.5 Å². The van der Waals surface area contributed by atoms with Crippen LogP contribution in [0.15, 0.2) is 52.3 Å². The highest BCUT2D eigenvalue weighted by Crippen LogP contribution is 2.38. The zero-order chi connectivity index (χ0) is 24.8. The third kappa shape index (κ3) is 6.19. The number of anilines is 1. The number of thioether (sulfide) groups is 2. The first kappa shape index (κ1) is 25.6. The molecule has 0 saturated carbocycles. The molecule has 0 spiro atoms. The van der Waals surface area contributed by atoms with Gasteiger partial charge in [-0.05, 0) is 55.2 Å². The first-order chi connectivity index (χ1) is 17.0. The minimum Gasteiger partial charge on any atom is -0.490 e. The van der Waals surface area contributed by atoms with E-state index >= 15 is 0 Å². The quantitative estimate of drug-likeness (QED) is 0.282. The van der Waals surface area contributed by atoms with Gasteiger partial charge in [0.05, 0.1) is 30.4 Å². The van der Waals surface area contributed by atoms with Crippen LogP contribution in [0.5, 0.6) is 11.5 Å². The molecule has 0 N–H and O–H groups in total. The Labute approximate surface area is 218 Å². The van der Waals surface area contributed by atoms with Crippen molar-refractivity contribution in [2.75, 3.05) is 50.7 Å². The standard InChI is InChI=1S/C25H26N2O5S3/c1-3-31-21-13-17(7-8-20(21)32-16-23(28)26-9-11-30-12-10-26)14-22-24(29)27(25(33)35-22)18-5-4-6-19(15-18)34-2/h4-8,13-15H,3,9-12,16H2,1-2H3/b22-14-. The molecule has 10 heteroatoms. The van der Waals surface area contributed by atoms with Gasteiger partial charge in [-0.25, -0.2) is 0 Å². The summed E-state index contributed by atoms with van der Waals surface area (Å²) in [7, 11) is 0. The van der Waals surface area contributed by atoms with E-state index in [2.05, 4.69) is 0 Å². The molecule has 7 nitrogen and oxygen atoms in total. The van der Waals surface area contributed by atoms with Crippen LogP contribution in [0.1, 0.15) is 12.5 Å². The maximum absolute atomic E-state index is 13.2. The summed E-state index contributed by atoms with van der Waals surface area (Å²) in [5.41, 5.74) is 1.53. The van der Waals surface area contributed by atoms with Gasteiger partial charge in [-0.2, -0.15) is 0 Å². The second kappa shape index (κ2) is 11.9. The molecule has 0 atom stereocenters. The molecule has 0 radical (unpaired) electrons. The number of rotatable bonds is 8. The lowest BCUT2D eigenvalue weighted by molar-refractivity contribution is -0.137. The van der Waals surface area contributed by atoms with Crippen LogP contribution >= 0.6 is 35.7 Å². The topological polar surface area (TPSA) is 68.3 Å². The number of morpholine rings is 1. The summed E-state index contributed by atoms with van der Waals surface area (Å²) in [6, 6.07) is 13.1. The minimum absolute atomic E-state index is 0.0762. The van der Waals surface area contributed by atoms with Gasteiger partial charge in [0.25, 0.3) is 11.8 Å². The Balaban J connectivity index is 1.50. The Morgan fingerprint density at radius 1 is 1.17 bits per heavy atom. The van der Waals surface area contributed by atoms with E-state index < -0.39 is 0 Å². The third-order valence-corrected chi connectivity index (χ3v) is 7.41. The summed E-state index contributed by atoms with van der Waals surface area (Å²) >= 11 is 8.38. The number of benzene rings is 2. The van der Waals surface area contributed by atoms with Crippen molar-refractivity contribution in [3.63, 3.8) is 0 Å². The first-order valence-corrected chi connectivity index (χ1v) is 13.6. The lowest BCUT2D eigenvalue weighted by atomic mass is 10.1. The van der Waals surface area contributed by atoms with Crippen LogP contribution < -0.4 is 14.4 Å². The molecule has 0 unspecified atom stereocenters. The molecule has 2 amide bonds. The Morgan fingerprint density at radius 2 is 1.97 bits per heavy atom. The van der Waals surface area contributed by atoms with Gasteiger partial charge in [0.15, 0.2) is 22.4 Å². The van der Waals surface area contributed by atoms with Gasteiger partial charge in [-0.1, -0.05) is 36.1 Å². The molecule has 0 bridgehead atoms. The minimum atomic E-state index is -0.160. The van der Waals surface area contributed by atoms with E-state index in [1.54, 1.807) is 39.8 Å². The molecule has 0 aromatic heterocycles. The maximum atomic E-state index is 13.2. The fourth-order valence-electron chi connectivity index (χ4n) is 3.64. The lowest BCUT2D eigenvalue weighted by Crippen LogP contribution is -2.43. The number of thiocarbonyl (C=S) groups is 1. The molecule has 2 heterocycles. The van der Waals surface area contributed by atoms with Crippen molar-refractivity contribution < 1.29 is 23.8 Å². The molecule has 184 valence electrons. The molecule has 2 aliphatic rings. The summed E-state index contributed by atoms with van der Waals surface area (Å²) in [6.45, 7) is 4.46. The molecular formula is C25H26N2O5S3. The van der Waals surface area contributed by atoms with Crippen molar-refractivity contribution in [1.82, 2.24) is 4.90 Å². The summed E-state index contributed by atoms with van der Waals surface area (Å²) in [6.07, 6.45) is 3.79. The second-order valence-electron chi connectivity index (χ2n) is 7.64. The summed E-state index contributed by atoms with van der Waals surface area (Å²) in [4.78, 5) is 30.5. The molecule has 2 aromatic rings. The Morgan fingerprint density at radius 3 is 2.71 bits per heavy atom. The molecule has 2 saturated heterocycles. The van der Waals surface area contributed by atoms with E-state index in [0.29, 0.717) is 53.6 Å². The number of nitrogens with zero attached hydrogens (tertiary/aromatic N) is 2. The molecule has 4 rings (SSSR count). The first-order valence-electron chi connectivity index (χ1n) is 11.2. The Hall–Kier alpha value is -2.53. The summed E-state index contributed by atoms with van der Waals surface area (Å²) in [5.74, 6) is 0.743. The van der Waals surface area contributed by atoms with E-state index in [-0.39, 0.29) is 18.4 Å². The average Bonchev–Trinajstić information content (AvgIpc) is 3.16. The highest BCUT2D eigenvalue weighted by molar-refractivity contribution is 8.27. The highest BCUT2D eigenvalue weighted by Gasteiger charge is 2.33. The predicted molar refractivity (Wildman–Crippen MR) is 144 cm³/mol. The van der Waals surface area contributed by atoms with Crippen LogP contribution in [0.25, 0.3) is 6.08 Å². The van der Waals surface area contributed by atoms with E-state index in [4.69, 9.17) is 26.4 Å². The summed E-state index contributed by atoms with van der Waals surface area (Å²) in [5, 5.41) is 0. The van der Waals surface area contributed by atoms with Crippen molar-refractivity contribution in [2.45, 2.75) is 11.8 Å². The third-order valence-electron chi connectivity index (χ3n) is 5.39. The van der Waals surface area contributed by atoms with E-state index in [1.165, 1.54) is 11.8 Å². The smallest absolute Gasteiger partial charge is 0.270 e. The average molecular weight is 531 g/mol. The van der Waals surface area contributed by atoms with E-state index in [0.717, 1.165) is 16.1 Å². The van der Waals surface area contributed by atoms with Crippen LogP contribution in [0.3, 0.4) is 0 Å². The van der Waals surface area contributed by atoms with Crippen molar-refractivity contribution in [3.8, 4) is 11.5 Å². The van der Waals surface area contributed by atoms with Gasteiger partial charge in [-0.3, -0.25) is 14.5 Å². The molecule has 35 heavy (non-hydrogen) atoms. The summed E-state index contributed by atoms with van der Waals surface area (Å²) < 4.78 is 17.3. The molecular weight excluding hydrogens is 504 g/mol. The number of hydrogen-bond donors (Lipinski definition) is 0. The zero-order valence-corrected chi connectivity index (χ0v) is 22.0. The van der Waals surface area contributed by atoms with Gasteiger partial charge >= 0.3 is 0 Å². The van der Waals surface area contributed by atoms with Crippen molar-refractivity contribution >= 4 is 63.6 Å².